The van der Waals surface area contributed by atoms with Gasteiger partial charge in [-0.2, -0.15) is 0 Å². The average molecular weight is 192 g/mol. The lowest BCUT2D eigenvalue weighted by Crippen LogP contribution is -1.81. The second-order valence-corrected chi connectivity index (χ2v) is 4.29. The highest BCUT2D eigenvalue weighted by atomic mass is 32.2. The quantitative estimate of drug-likeness (QED) is 0.649. The average Bonchev–Trinajstić information content (AvgIpc) is 2.12. The van der Waals surface area contributed by atoms with Crippen LogP contribution in [-0.4, -0.2) is 5.75 Å². The SMILES string of the molecule is C/C=C\c1cc(SCC)ccc1C. The van der Waals surface area contributed by atoms with Gasteiger partial charge in [-0.3, -0.25) is 0 Å². The van der Waals surface area contributed by atoms with Gasteiger partial charge in [-0.1, -0.05) is 25.1 Å². The molecular formula is C12H16S. The summed E-state index contributed by atoms with van der Waals surface area (Å²) >= 11 is 1.89. The van der Waals surface area contributed by atoms with Crippen LogP contribution in [0.15, 0.2) is 29.2 Å². The predicted molar refractivity (Wildman–Crippen MR) is 62.3 cm³/mol. The highest BCUT2D eigenvalue weighted by molar-refractivity contribution is 7.99. The van der Waals surface area contributed by atoms with Crippen LogP contribution in [0.2, 0.25) is 0 Å². The van der Waals surface area contributed by atoms with Gasteiger partial charge in [0.1, 0.15) is 0 Å². The smallest absolute Gasteiger partial charge is 0.00779 e. The van der Waals surface area contributed by atoms with Gasteiger partial charge in [-0.05, 0) is 42.9 Å². The van der Waals surface area contributed by atoms with Crippen molar-refractivity contribution in [3.63, 3.8) is 0 Å². The number of allylic oxidation sites excluding steroid dienone is 1. The van der Waals surface area contributed by atoms with Gasteiger partial charge < -0.3 is 0 Å². The zero-order chi connectivity index (χ0) is 9.68. The molecule has 0 fully saturated rings. The van der Waals surface area contributed by atoms with E-state index in [0.717, 1.165) is 5.75 Å². The van der Waals surface area contributed by atoms with E-state index in [1.807, 2.05) is 11.8 Å². The van der Waals surface area contributed by atoms with Crippen molar-refractivity contribution in [1.29, 1.82) is 0 Å². The molecule has 0 unspecified atom stereocenters. The molecule has 0 nitrogen and oxygen atoms in total. The first kappa shape index (κ1) is 10.4. The largest absolute Gasteiger partial charge is 0.126 e. The molecule has 0 aliphatic carbocycles. The van der Waals surface area contributed by atoms with Crippen molar-refractivity contribution >= 4 is 17.8 Å². The zero-order valence-electron chi connectivity index (χ0n) is 8.50. The Hall–Kier alpha value is -0.690. The van der Waals surface area contributed by atoms with E-state index in [2.05, 4.69) is 51.1 Å². The number of rotatable bonds is 3. The van der Waals surface area contributed by atoms with Crippen molar-refractivity contribution in [2.75, 3.05) is 5.75 Å². The van der Waals surface area contributed by atoms with Crippen molar-refractivity contribution in [1.82, 2.24) is 0 Å². The molecule has 13 heavy (non-hydrogen) atoms. The van der Waals surface area contributed by atoms with Crippen LogP contribution in [0.5, 0.6) is 0 Å². The number of aryl methyl sites for hydroxylation is 1. The molecule has 0 aromatic heterocycles. The summed E-state index contributed by atoms with van der Waals surface area (Å²) in [6, 6.07) is 6.63. The molecule has 0 aliphatic rings. The van der Waals surface area contributed by atoms with E-state index in [9.17, 15) is 0 Å². The Balaban J connectivity index is 2.96. The minimum absolute atomic E-state index is 1.14. The maximum absolute atomic E-state index is 2.25. The molecular weight excluding hydrogens is 176 g/mol. The number of benzene rings is 1. The summed E-state index contributed by atoms with van der Waals surface area (Å²) in [6.45, 7) is 6.38. The number of hydrogen-bond acceptors (Lipinski definition) is 1. The van der Waals surface area contributed by atoms with E-state index in [4.69, 9.17) is 0 Å². The predicted octanol–water partition coefficient (Wildman–Crippen LogP) is 4.14. The molecule has 1 aromatic rings. The van der Waals surface area contributed by atoms with Gasteiger partial charge in [-0.15, -0.1) is 11.8 Å². The molecule has 1 rings (SSSR count). The number of thioether (sulfide) groups is 1. The summed E-state index contributed by atoms with van der Waals surface area (Å²) in [5.74, 6) is 1.14. The van der Waals surface area contributed by atoms with Crippen LogP contribution in [0.4, 0.5) is 0 Å². The summed E-state index contributed by atoms with van der Waals surface area (Å²) < 4.78 is 0. The van der Waals surface area contributed by atoms with Gasteiger partial charge in [0.25, 0.3) is 0 Å². The van der Waals surface area contributed by atoms with Gasteiger partial charge in [0.2, 0.25) is 0 Å². The Morgan fingerprint density at radius 1 is 1.38 bits per heavy atom. The minimum atomic E-state index is 1.14. The molecule has 0 radical (unpaired) electrons. The first-order chi connectivity index (χ1) is 6.27. The van der Waals surface area contributed by atoms with E-state index in [-0.39, 0.29) is 0 Å². The molecule has 0 N–H and O–H groups in total. The standard InChI is InChI=1S/C12H16S/c1-4-6-11-9-12(13-5-2)8-7-10(11)3/h4,6-9H,5H2,1-3H3/b6-4-. The third-order valence-corrected chi connectivity index (χ3v) is 2.78. The Kier molecular flexibility index (Phi) is 4.10. The second kappa shape index (κ2) is 5.13. The molecule has 0 atom stereocenters. The van der Waals surface area contributed by atoms with E-state index in [1.165, 1.54) is 16.0 Å². The van der Waals surface area contributed by atoms with E-state index in [0.29, 0.717) is 0 Å². The molecule has 0 aliphatic heterocycles. The third kappa shape index (κ3) is 2.92. The van der Waals surface area contributed by atoms with E-state index < -0.39 is 0 Å². The Morgan fingerprint density at radius 2 is 2.15 bits per heavy atom. The lowest BCUT2D eigenvalue weighted by Gasteiger charge is -2.03. The second-order valence-electron chi connectivity index (χ2n) is 2.95. The highest BCUT2D eigenvalue weighted by Gasteiger charge is 1.96. The highest BCUT2D eigenvalue weighted by Crippen LogP contribution is 2.21. The van der Waals surface area contributed by atoms with E-state index >= 15 is 0 Å². The topological polar surface area (TPSA) is 0 Å². The molecule has 0 saturated heterocycles. The fourth-order valence-corrected chi connectivity index (χ4v) is 1.94. The third-order valence-electron chi connectivity index (χ3n) is 1.91. The van der Waals surface area contributed by atoms with Crippen molar-refractivity contribution in [3.8, 4) is 0 Å². The fourth-order valence-electron chi connectivity index (χ4n) is 1.23. The zero-order valence-corrected chi connectivity index (χ0v) is 9.32. The van der Waals surface area contributed by atoms with Crippen LogP contribution in [0.1, 0.15) is 25.0 Å². The summed E-state index contributed by atoms with van der Waals surface area (Å²) in [7, 11) is 0. The van der Waals surface area contributed by atoms with Gasteiger partial charge >= 0.3 is 0 Å². The molecule has 0 spiro atoms. The van der Waals surface area contributed by atoms with Crippen LogP contribution in [0.25, 0.3) is 6.08 Å². The molecule has 1 aromatic carbocycles. The number of hydrogen-bond donors (Lipinski definition) is 0. The molecule has 1 heteroatoms. The lowest BCUT2D eigenvalue weighted by molar-refractivity contribution is 1.34. The maximum atomic E-state index is 2.25. The van der Waals surface area contributed by atoms with Gasteiger partial charge in [0, 0.05) is 4.90 Å². The van der Waals surface area contributed by atoms with Crippen molar-refractivity contribution in [2.24, 2.45) is 0 Å². The van der Waals surface area contributed by atoms with Crippen LogP contribution >= 0.6 is 11.8 Å². The lowest BCUT2D eigenvalue weighted by atomic mass is 10.1. The summed E-state index contributed by atoms with van der Waals surface area (Å²) in [5, 5.41) is 0. The van der Waals surface area contributed by atoms with Crippen LogP contribution in [0, 0.1) is 6.92 Å². The summed E-state index contributed by atoms with van der Waals surface area (Å²) in [4.78, 5) is 1.36. The van der Waals surface area contributed by atoms with Crippen LogP contribution < -0.4 is 0 Å². The maximum Gasteiger partial charge on any atom is 0.00779 e. The van der Waals surface area contributed by atoms with Gasteiger partial charge in [0.15, 0.2) is 0 Å². The molecule has 70 valence electrons. The van der Waals surface area contributed by atoms with Gasteiger partial charge in [-0.25, -0.2) is 0 Å². The first-order valence-corrected chi connectivity index (χ1v) is 5.62. The monoisotopic (exact) mass is 192 g/mol. The minimum Gasteiger partial charge on any atom is -0.126 e. The van der Waals surface area contributed by atoms with Crippen molar-refractivity contribution in [2.45, 2.75) is 25.7 Å². The van der Waals surface area contributed by atoms with Gasteiger partial charge in [0.05, 0.1) is 0 Å². The molecule has 0 heterocycles. The summed E-state index contributed by atoms with van der Waals surface area (Å²) in [5.41, 5.74) is 2.68. The molecule has 0 amide bonds. The van der Waals surface area contributed by atoms with Crippen LogP contribution in [-0.2, 0) is 0 Å². The van der Waals surface area contributed by atoms with Crippen LogP contribution in [0.3, 0.4) is 0 Å². The fraction of sp³-hybridized carbons (Fsp3) is 0.333. The molecule has 0 saturated carbocycles. The molecule has 0 bridgehead atoms. The summed E-state index contributed by atoms with van der Waals surface area (Å²) in [6.07, 6.45) is 4.25. The van der Waals surface area contributed by atoms with Crippen molar-refractivity contribution < 1.29 is 0 Å². The Morgan fingerprint density at radius 3 is 2.77 bits per heavy atom. The Bertz CT molecular complexity index is 300. The van der Waals surface area contributed by atoms with Crippen molar-refractivity contribution in [3.05, 3.63) is 35.4 Å². The normalized spacial score (nSPS) is 11.0. The first-order valence-electron chi connectivity index (χ1n) is 4.64. The van der Waals surface area contributed by atoms with E-state index in [1.54, 1.807) is 0 Å². The Labute approximate surface area is 85.1 Å².